The Hall–Kier alpha value is -1.23. The van der Waals surface area contributed by atoms with Crippen molar-refractivity contribution < 1.29 is 14.6 Å². The molecule has 1 aromatic heterocycles. The number of aromatic nitrogens is 1. The number of pyridine rings is 1. The van der Waals surface area contributed by atoms with Gasteiger partial charge >= 0.3 is 0 Å². The van der Waals surface area contributed by atoms with Gasteiger partial charge in [-0.1, -0.05) is 6.07 Å². The molecule has 0 amide bonds. The summed E-state index contributed by atoms with van der Waals surface area (Å²) in [5.41, 5.74) is 2.43. The van der Waals surface area contributed by atoms with Crippen molar-refractivity contribution in [2.45, 2.75) is 19.6 Å². The first kappa shape index (κ1) is 12.2. The molecule has 0 aromatic carbocycles. The fourth-order valence-corrected chi connectivity index (χ4v) is 1.75. The molecule has 1 aliphatic heterocycles. The number of aliphatic hydroxyl groups is 1. The predicted octanol–water partition coefficient (Wildman–Crippen LogP) is 1.70. The van der Waals surface area contributed by atoms with Crippen LogP contribution in [-0.4, -0.2) is 29.9 Å². The summed E-state index contributed by atoms with van der Waals surface area (Å²) in [6.07, 6.45) is 1.85. The summed E-state index contributed by atoms with van der Waals surface area (Å²) < 4.78 is 11.1. The zero-order chi connectivity index (χ0) is 12.3. The van der Waals surface area contributed by atoms with Crippen LogP contribution in [0.25, 0.3) is 6.08 Å². The maximum Gasteiger partial charge on any atom is 0.209 e. The Morgan fingerprint density at radius 1 is 1.47 bits per heavy atom. The average molecular weight is 235 g/mol. The van der Waals surface area contributed by atoms with Crippen LogP contribution in [0.1, 0.15) is 25.2 Å². The van der Waals surface area contributed by atoms with Gasteiger partial charge in [0.25, 0.3) is 0 Å². The van der Waals surface area contributed by atoms with E-state index in [0.717, 1.165) is 17.0 Å². The molecule has 1 aromatic rings. The zero-order valence-corrected chi connectivity index (χ0v) is 10.1. The molecule has 1 fully saturated rings. The minimum Gasteiger partial charge on any atom is -0.392 e. The second kappa shape index (κ2) is 4.96. The minimum atomic E-state index is -0.739. The lowest BCUT2D eigenvalue weighted by molar-refractivity contribution is -0.152. The summed E-state index contributed by atoms with van der Waals surface area (Å²) in [6.45, 7) is 4.95. The summed E-state index contributed by atoms with van der Waals surface area (Å²) in [7, 11) is 0. The van der Waals surface area contributed by atoms with Crippen molar-refractivity contribution in [2.24, 2.45) is 0 Å². The van der Waals surface area contributed by atoms with E-state index in [1.54, 1.807) is 0 Å². The quantitative estimate of drug-likeness (QED) is 0.866. The molecule has 2 rings (SSSR count). The van der Waals surface area contributed by atoms with Crippen molar-refractivity contribution in [1.82, 2.24) is 4.98 Å². The van der Waals surface area contributed by atoms with Crippen LogP contribution in [0.4, 0.5) is 0 Å². The van der Waals surface area contributed by atoms with E-state index in [9.17, 15) is 0 Å². The van der Waals surface area contributed by atoms with Gasteiger partial charge in [-0.15, -0.1) is 0 Å². The molecule has 17 heavy (non-hydrogen) atoms. The lowest BCUT2D eigenvalue weighted by atomic mass is 10.1. The third kappa shape index (κ3) is 2.72. The molecule has 2 heterocycles. The van der Waals surface area contributed by atoms with Crippen LogP contribution in [0, 0.1) is 0 Å². The first-order valence-electron chi connectivity index (χ1n) is 5.67. The van der Waals surface area contributed by atoms with Gasteiger partial charge < -0.3 is 14.6 Å². The van der Waals surface area contributed by atoms with Crippen LogP contribution < -0.4 is 0 Å². The molecule has 0 spiro atoms. The number of rotatable bonds is 3. The highest BCUT2D eigenvalue weighted by atomic mass is 16.7. The van der Waals surface area contributed by atoms with E-state index in [-0.39, 0.29) is 6.61 Å². The molecule has 0 bridgehead atoms. The molecule has 4 heteroatoms. The van der Waals surface area contributed by atoms with Gasteiger partial charge in [0.1, 0.15) is 0 Å². The number of nitrogens with zero attached hydrogens (tertiary/aromatic N) is 1. The Morgan fingerprint density at radius 3 is 2.82 bits per heavy atom. The SMILES string of the molecule is CC(=Cc1cccc(C2(C)OCCO2)n1)CO. The lowest BCUT2D eigenvalue weighted by Crippen LogP contribution is -2.24. The minimum absolute atomic E-state index is 0.0379. The van der Waals surface area contributed by atoms with Gasteiger partial charge in [0.05, 0.1) is 31.2 Å². The summed E-state index contributed by atoms with van der Waals surface area (Å²) >= 11 is 0. The van der Waals surface area contributed by atoms with E-state index in [4.69, 9.17) is 14.6 Å². The van der Waals surface area contributed by atoms with E-state index in [2.05, 4.69) is 4.98 Å². The summed E-state index contributed by atoms with van der Waals surface area (Å²) in [4.78, 5) is 4.48. The Labute approximate surface area is 101 Å². The van der Waals surface area contributed by atoms with E-state index >= 15 is 0 Å². The molecule has 0 aliphatic carbocycles. The maximum absolute atomic E-state index is 8.98. The van der Waals surface area contributed by atoms with E-state index in [0.29, 0.717) is 13.2 Å². The maximum atomic E-state index is 8.98. The number of hydrogen-bond acceptors (Lipinski definition) is 4. The molecule has 92 valence electrons. The van der Waals surface area contributed by atoms with Gasteiger partial charge in [-0.25, -0.2) is 4.98 Å². The number of aliphatic hydroxyl groups excluding tert-OH is 1. The molecule has 1 aliphatic rings. The second-order valence-electron chi connectivity index (χ2n) is 4.24. The molecule has 0 unspecified atom stereocenters. The largest absolute Gasteiger partial charge is 0.392 e. The standard InChI is InChI=1S/C13H17NO3/c1-10(9-15)8-11-4-3-5-12(14-11)13(2)16-6-7-17-13/h3-5,8,15H,6-7,9H2,1-2H3. The molecular weight excluding hydrogens is 218 g/mol. The van der Waals surface area contributed by atoms with E-state index in [1.165, 1.54) is 0 Å². The van der Waals surface area contributed by atoms with Gasteiger partial charge in [0.2, 0.25) is 5.79 Å². The second-order valence-corrected chi connectivity index (χ2v) is 4.24. The highest BCUT2D eigenvalue weighted by molar-refractivity contribution is 5.48. The summed E-state index contributed by atoms with van der Waals surface area (Å²) in [5.74, 6) is -0.739. The van der Waals surface area contributed by atoms with Crippen LogP contribution >= 0.6 is 0 Å². The van der Waals surface area contributed by atoms with Crippen molar-refractivity contribution in [2.75, 3.05) is 19.8 Å². The normalized spacial score (nSPS) is 19.6. The van der Waals surface area contributed by atoms with Crippen LogP contribution in [0.15, 0.2) is 23.8 Å². The smallest absolute Gasteiger partial charge is 0.209 e. The first-order valence-corrected chi connectivity index (χ1v) is 5.67. The molecule has 0 radical (unpaired) electrons. The first-order chi connectivity index (χ1) is 8.14. The number of hydrogen-bond donors (Lipinski definition) is 1. The van der Waals surface area contributed by atoms with E-state index < -0.39 is 5.79 Å². The van der Waals surface area contributed by atoms with Crippen molar-refractivity contribution in [1.29, 1.82) is 0 Å². The van der Waals surface area contributed by atoms with Crippen LogP contribution in [0.3, 0.4) is 0 Å². The Kier molecular flexibility index (Phi) is 3.57. The molecule has 4 nitrogen and oxygen atoms in total. The van der Waals surface area contributed by atoms with Crippen LogP contribution in [0.5, 0.6) is 0 Å². The van der Waals surface area contributed by atoms with Gasteiger partial charge in [-0.2, -0.15) is 0 Å². The fourth-order valence-electron chi connectivity index (χ4n) is 1.75. The van der Waals surface area contributed by atoms with Gasteiger partial charge in [0, 0.05) is 0 Å². The summed E-state index contributed by atoms with van der Waals surface area (Å²) in [5, 5.41) is 8.98. The summed E-state index contributed by atoms with van der Waals surface area (Å²) in [6, 6.07) is 5.69. The van der Waals surface area contributed by atoms with Gasteiger partial charge in [0.15, 0.2) is 0 Å². The van der Waals surface area contributed by atoms with Crippen molar-refractivity contribution in [3.63, 3.8) is 0 Å². The zero-order valence-electron chi connectivity index (χ0n) is 10.1. The van der Waals surface area contributed by atoms with Crippen LogP contribution in [-0.2, 0) is 15.3 Å². The number of ether oxygens (including phenoxy) is 2. The van der Waals surface area contributed by atoms with Crippen molar-refractivity contribution >= 4 is 6.08 Å². The predicted molar refractivity (Wildman–Crippen MR) is 64.2 cm³/mol. The third-order valence-corrected chi connectivity index (χ3v) is 2.72. The average Bonchev–Trinajstić information content (AvgIpc) is 2.78. The molecule has 1 saturated heterocycles. The molecule has 1 N–H and O–H groups in total. The van der Waals surface area contributed by atoms with Crippen LogP contribution in [0.2, 0.25) is 0 Å². The van der Waals surface area contributed by atoms with Gasteiger partial charge in [-0.3, -0.25) is 0 Å². The van der Waals surface area contributed by atoms with Crippen molar-refractivity contribution in [3.05, 3.63) is 35.2 Å². The molecule has 0 saturated carbocycles. The highest BCUT2D eigenvalue weighted by Gasteiger charge is 2.34. The van der Waals surface area contributed by atoms with E-state index in [1.807, 2.05) is 38.1 Å². The molecular formula is C13H17NO3. The lowest BCUT2D eigenvalue weighted by Gasteiger charge is -2.21. The Morgan fingerprint density at radius 2 is 2.18 bits per heavy atom. The van der Waals surface area contributed by atoms with Crippen molar-refractivity contribution in [3.8, 4) is 0 Å². The third-order valence-electron chi connectivity index (χ3n) is 2.72. The fraction of sp³-hybridized carbons (Fsp3) is 0.462. The Bertz CT molecular complexity index is 422. The monoisotopic (exact) mass is 235 g/mol. The van der Waals surface area contributed by atoms with Gasteiger partial charge in [-0.05, 0) is 37.6 Å². The highest BCUT2D eigenvalue weighted by Crippen LogP contribution is 2.29. The Balaban J connectivity index is 2.28. The topological polar surface area (TPSA) is 51.6 Å². The molecule has 0 atom stereocenters.